The summed E-state index contributed by atoms with van der Waals surface area (Å²) in [6.45, 7) is 2.40. The average Bonchev–Trinajstić information content (AvgIpc) is 2.26. The second kappa shape index (κ2) is 4.23. The zero-order valence-electron chi connectivity index (χ0n) is 9.03. The quantitative estimate of drug-likeness (QED) is 0.809. The molecule has 1 amide bonds. The van der Waals surface area contributed by atoms with Gasteiger partial charge >= 0.3 is 6.09 Å². The van der Waals surface area contributed by atoms with E-state index in [0.29, 0.717) is 6.54 Å². The lowest BCUT2D eigenvalue weighted by Gasteiger charge is -2.04. The van der Waals surface area contributed by atoms with E-state index >= 15 is 0 Å². The molecule has 0 aromatic heterocycles. The number of benzene rings is 2. The highest BCUT2D eigenvalue weighted by Gasteiger charge is 1.99. The first-order valence-corrected chi connectivity index (χ1v) is 5.11. The van der Waals surface area contributed by atoms with Crippen LogP contribution in [0.25, 0.3) is 10.8 Å². The molecule has 0 saturated heterocycles. The van der Waals surface area contributed by atoms with Crippen LogP contribution in [-0.2, 0) is 6.54 Å². The molecular formula is C13H13NO2. The Morgan fingerprint density at radius 1 is 1.19 bits per heavy atom. The van der Waals surface area contributed by atoms with Gasteiger partial charge in [0.1, 0.15) is 0 Å². The number of rotatable bonds is 2. The fourth-order valence-electron chi connectivity index (χ4n) is 1.70. The zero-order chi connectivity index (χ0) is 11.5. The van der Waals surface area contributed by atoms with E-state index < -0.39 is 6.09 Å². The van der Waals surface area contributed by atoms with E-state index in [0.717, 1.165) is 10.9 Å². The maximum absolute atomic E-state index is 10.4. The lowest BCUT2D eigenvalue weighted by molar-refractivity contribution is 0.194. The number of amides is 1. The van der Waals surface area contributed by atoms with Crippen LogP contribution in [0.15, 0.2) is 36.4 Å². The summed E-state index contributed by atoms with van der Waals surface area (Å²) in [5.74, 6) is 0. The van der Waals surface area contributed by atoms with Crippen LogP contribution in [0.1, 0.15) is 11.1 Å². The molecule has 0 radical (unpaired) electrons. The molecule has 0 heterocycles. The van der Waals surface area contributed by atoms with Crippen LogP contribution in [-0.4, -0.2) is 11.2 Å². The molecule has 3 heteroatoms. The molecule has 0 unspecified atom stereocenters. The number of carbonyl (C=O) groups is 1. The van der Waals surface area contributed by atoms with Crippen LogP contribution < -0.4 is 5.32 Å². The summed E-state index contributed by atoms with van der Waals surface area (Å²) in [6.07, 6.45) is -0.996. The first-order chi connectivity index (χ1) is 7.65. The maximum atomic E-state index is 10.4. The van der Waals surface area contributed by atoms with Crippen molar-refractivity contribution in [2.75, 3.05) is 0 Å². The molecule has 3 nitrogen and oxygen atoms in total. The summed E-state index contributed by atoms with van der Waals surface area (Å²) >= 11 is 0. The monoisotopic (exact) mass is 215 g/mol. The molecule has 0 atom stereocenters. The standard InChI is InChI=1S/C13H13NO2/c1-9-2-4-12-7-10(8-14-13(15)16)3-5-11(12)6-9/h2-7,14H,8H2,1H3,(H,15,16). The molecule has 0 aliphatic heterocycles. The van der Waals surface area contributed by atoms with Gasteiger partial charge in [0.05, 0.1) is 0 Å². The van der Waals surface area contributed by atoms with Crippen LogP contribution in [0.2, 0.25) is 0 Å². The van der Waals surface area contributed by atoms with Gasteiger partial charge in [-0.3, -0.25) is 0 Å². The van der Waals surface area contributed by atoms with Crippen molar-refractivity contribution in [3.8, 4) is 0 Å². The lowest BCUT2D eigenvalue weighted by Crippen LogP contribution is -2.19. The molecule has 2 aromatic rings. The molecule has 0 bridgehead atoms. The second-order valence-electron chi connectivity index (χ2n) is 3.84. The highest BCUT2D eigenvalue weighted by molar-refractivity contribution is 5.83. The number of hydrogen-bond acceptors (Lipinski definition) is 1. The first kappa shape index (κ1) is 10.5. The second-order valence-corrected chi connectivity index (χ2v) is 3.84. The summed E-state index contributed by atoms with van der Waals surface area (Å²) in [5, 5.41) is 13.2. The van der Waals surface area contributed by atoms with E-state index in [9.17, 15) is 4.79 Å². The van der Waals surface area contributed by atoms with Crippen molar-refractivity contribution in [2.45, 2.75) is 13.5 Å². The van der Waals surface area contributed by atoms with Crippen molar-refractivity contribution >= 4 is 16.9 Å². The van der Waals surface area contributed by atoms with Gasteiger partial charge in [-0.1, -0.05) is 35.9 Å². The highest BCUT2D eigenvalue weighted by atomic mass is 16.4. The van der Waals surface area contributed by atoms with E-state index in [1.165, 1.54) is 10.9 Å². The normalized spacial score (nSPS) is 10.3. The molecule has 2 N–H and O–H groups in total. The smallest absolute Gasteiger partial charge is 0.404 e. The van der Waals surface area contributed by atoms with Crippen molar-refractivity contribution in [3.05, 3.63) is 47.5 Å². The third kappa shape index (κ3) is 2.31. The predicted octanol–water partition coefficient (Wildman–Crippen LogP) is 2.92. The summed E-state index contributed by atoms with van der Waals surface area (Å²) < 4.78 is 0. The minimum absolute atomic E-state index is 0.346. The minimum Gasteiger partial charge on any atom is -0.465 e. The summed E-state index contributed by atoms with van der Waals surface area (Å²) in [7, 11) is 0. The molecule has 0 aliphatic carbocycles. The minimum atomic E-state index is -0.996. The molecule has 82 valence electrons. The third-order valence-electron chi connectivity index (χ3n) is 2.50. The largest absolute Gasteiger partial charge is 0.465 e. The molecule has 0 fully saturated rings. The molecule has 0 spiro atoms. The van der Waals surface area contributed by atoms with Gasteiger partial charge in [-0.15, -0.1) is 0 Å². The Kier molecular flexibility index (Phi) is 2.77. The third-order valence-corrected chi connectivity index (χ3v) is 2.50. The Labute approximate surface area is 93.7 Å². The van der Waals surface area contributed by atoms with Crippen molar-refractivity contribution in [1.29, 1.82) is 0 Å². The summed E-state index contributed by atoms with van der Waals surface area (Å²) in [4.78, 5) is 10.4. The van der Waals surface area contributed by atoms with Crippen molar-refractivity contribution in [2.24, 2.45) is 0 Å². The Balaban J connectivity index is 2.30. The molecule has 2 aromatic carbocycles. The molecule has 16 heavy (non-hydrogen) atoms. The SMILES string of the molecule is Cc1ccc2cc(CNC(=O)O)ccc2c1. The van der Waals surface area contributed by atoms with Crippen molar-refractivity contribution in [3.63, 3.8) is 0 Å². The molecular weight excluding hydrogens is 202 g/mol. The van der Waals surface area contributed by atoms with Gasteiger partial charge in [0.25, 0.3) is 0 Å². The molecule has 0 aliphatic rings. The van der Waals surface area contributed by atoms with Crippen LogP contribution >= 0.6 is 0 Å². The first-order valence-electron chi connectivity index (χ1n) is 5.11. The van der Waals surface area contributed by atoms with Crippen LogP contribution in [0, 0.1) is 6.92 Å². The zero-order valence-corrected chi connectivity index (χ0v) is 9.03. The average molecular weight is 215 g/mol. The number of aryl methyl sites for hydroxylation is 1. The Hall–Kier alpha value is -2.03. The van der Waals surface area contributed by atoms with E-state index in [1.807, 2.05) is 18.2 Å². The number of nitrogens with one attached hydrogen (secondary N) is 1. The lowest BCUT2D eigenvalue weighted by atomic mass is 10.0. The topological polar surface area (TPSA) is 49.3 Å². The number of hydrogen-bond donors (Lipinski definition) is 2. The molecule has 2 rings (SSSR count). The summed E-state index contributed by atoms with van der Waals surface area (Å²) in [6, 6.07) is 12.2. The van der Waals surface area contributed by atoms with Gasteiger partial charge in [-0.05, 0) is 29.3 Å². The van der Waals surface area contributed by atoms with Gasteiger partial charge in [0.15, 0.2) is 0 Å². The van der Waals surface area contributed by atoms with Gasteiger partial charge in [-0.2, -0.15) is 0 Å². The Bertz CT molecular complexity index is 534. The van der Waals surface area contributed by atoms with Crippen LogP contribution in [0.5, 0.6) is 0 Å². The van der Waals surface area contributed by atoms with Gasteiger partial charge < -0.3 is 10.4 Å². The fraction of sp³-hybridized carbons (Fsp3) is 0.154. The van der Waals surface area contributed by atoms with Gasteiger partial charge in [0, 0.05) is 6.54 Å². The van der Waals surface area contributed by atoms with Crippen LogP contribution in [0.4, 0.5) is 4.79 Å². The van der Waals surface area contributed by atoms with E-state index in [2.05, 4.69) is 30.4 Å². The Morgan fingerprint density at radius 2 is 1.88 bits per heavy atom. The van der Waals surface area contributed by atoms with Gasteiger partial charge in [0.2, 0.25) is 0 Å². The highest BCUT2D eigenvalue weighted by Crippen LogP contribution is 2.17. The van der Waals surface area contributed by atoms with E-state index in [4.69, 9.17) is 5.11 Å². The maximum Gasteiger partial charge on any atom is 0.404 e. The fourth-order valence-corrected chi connectivity index (χ4v) is 1.70. The van der Waals surface area contributed by atoms with E-state index in [1.54, 1.807) is 0 Å². The van der Waals surface area contributed by atoms with Crippen molar-refractivity contribution in [1.82, 2.24) is 5.32 Å². The number of fused-ring (bicyclic) bond motifs is 1. The van der Waals surface area contributed by atoms with E-state index in [-0.39, 0.29) is 0 Å². The van der Waals surface area contributed by atoms with Gasteiger partial charge in [-0.25, -0.2) is 4.79 Å². The Morgan fingerprint density at radius 3 is 2.62 bits per heavy atom. The van der Waals surface area contributed by atoms with Crippen molar-refractivity contribution < 1.29 is 9.90 Å². The van der Waals surface area contributed by atoms with Crippen LogP contribution in [0.3, 0.4) is 0 Å². The molecule has 0 saturated carbocycles. The summed E-state index contributed by atoms with van der Waals surface area (Å²) in [5.41, 5.74) is 2.20. The predicted molar refractivity (Wildman–Crippen MR) is 63.5 cm³/mol. The number of carboxylic acid groups (broad SMARTS) is 1.